The quantitative estimate of drug-likeness (QED) is 0.694. The zero-order valence-electron chi connectivity index (χ0n) is 11.7. The highest BCUT2D eigenvalue weighted by Gasteiger charge is 2.40. The van der Waals surface area contributed by atoms with Crippen molar-refractivity contribution in [2.75, 3.05) is 26.7 Å². The zero-order valence-corrected chi connectivity index (χ0v) is 11.7. The number of aromatic nitrogens is 2. The molecule has 2 fully saturated rings. The van der Waals surface area contributed by atoms with Gasteiger partial charge in [0.25, 0.3) is 5.91 Å². The second kappa shape index (κ2) is 4.90. The Labute approximate surface area is 117 Å². The lowest BCUT2D eigenvalue weighted by molar-refractivity contribution is -0.159. The molecule has 0 aromatic carbocycles. The summed E-state index contributed by atoms with van der Waals surface area (Å²) in [6.45, 7) is 1.31. The summed E-state index contributed by atoms with van der Waals surface area (Å²) in [5.41, 5.74) is 0.580. The van der Waals surface area contributed by atoms with Gasteiger partial charge in [-0.1, -0.05) is 0 Å². The summed E-state index contributed by atoms with van der Waals surface area (Å²) in [6, 6.07) is -0.0504. The van der Waals surface area contributed by atoms with Gasteiger partial charge in [-0.2, -0.15) is 5.10 Å². The molecule has 0 aliphatic carbocycles. The number of carbonyl (C=O) groups is 2. The van der Waals surface area contributed by atoms with Crippen LogP contribution in [0.5, 0.6) is 0 Å². The van der Waals surface area contributed by atoms with Gasteiger partial charge in [0.2, 0.25) is 5.91 Å². The van der Waals surface area contributed by atoms with Crippen molar-refractivity contribution in [3.63, 3.8) is 0 Å². The number of hydrogen-bond acceptors (Lipinski definition) is 4. The normalized spacial score (nSPS) is 26.6. The van der Waals surface area contributed by atoms with E-state index in [2.05, 4.69) is 5.10 Å². The molecule has 0 spiro atoms. The molecule has 1 aromatic heterocycles. The second-order valence-electron chi connectivity index (χ2n) is 5.36. The van der Waals surface area contributed by atoms with E-state index in [0.29, 0.717) is 18.7 Å². The molecule has 7 heteroatoms. The Morgan fingerprint density at radius 3 is 2.95 bits per heavy atom. The first-order valence-electron chi connectivity index (χ1n) is 6.71. The van der Waals surface area contributed by atoms with Gasteiger partial charge in [-0.3, -0.25) is 14.3 Å². The van der Waals surface area contributed by atoms with Crippen LogP contribution in [-0.2, 0) is 16.6 Å². The summed E-state index contributed by atoms with van der Waals surface area (Å²) < 4.78 is 7.17. The molecule has 2 saturated heterocycles. The van der Waals surface area contributed by atoms with E-state index in [1.165, 1.54) is 0 Å². The number of hydrogen-bond donors (Lipinski definition) is 0. The topological polar surface area (TPSA) is 67.7 Å². The molecule has 0 unspecified atom stereocenters. The molecule has 2 amide bonds. The van der Waals surface area contributed by atoms with Crippen molar-refractivity contribution in [2.45, 2.75) is 18.6 Å². The van der Waals surface area contributed by atoms with E-state index < -0.39 is 0 Å². The lowest BCUT2D eigenvalue weighted by atomic mass is 9.98. The molecule has 7 nitrogen and oxygen atoms in total. The fourth-order valence-corrected chi connectivity index (χ4v) is 2.84. The minimum Gasteiger partial charge on any atom is -0.366 e. The van der Waals surface area contributed by atoms with Crippen LogP contribution in [0.15, 0.2) is 12.4 Å². The molecular formula is C13H18N4O3. The minimum atomic E-state index is -0.0504. The molecule has 20 heavy (non-hydrogen) atoms. The number of ether oxygens (including phenoxy) is 1. The average molecular weight is 278 g/mol. The molecule has 0 radical (unpaired) electrons. The van der Waals surface area contributed by atoms with Gasteiger partial charge in [-0.05, 0) is 6.42 Å². The number of morpholine rings is 1. The molecule has 2 atom stereocenters. The van der Waals surface area contributed by atoms with Crippen LogP contribution in [-0.4, -0.2) is 70.3 Å². The fourth-order valence-electron chi connectivity index (χ4n) is 2.84. The maximum Gasteiger partial charge on any atom is 0.257 e. The first-order chi connectivity index (χ1) is 9.56. The maximum absolute atomic E-state index is 12.4. The van der Waals surface area contributed by atoms with Crippen molar-refractivity contribution in [2.24, 2.45) is 7.05 Å². The van der Waals surface area contributed by atoms with Crippen molar-refractivity contribution in [3.05, 3.63) is 18.0 Å². The van der Waals surface area contributed by atoms with Crippen molar-refractivity contribution in [1.29, 1.82) is 0 Å². The smallest absolute Gasteiger partial charge is 0.257 e. The van der Waals surface area contributed by atoms with Crippen LogP contribution >= 0.6 is 0 Å². The third-order valence-corrected chi connectivity index (χ3v) is 4.07. The average Bonchev–Trinajstić information content (AvgIpc) is 2.88. The van der Waals surface area contributed by atoms with Crippen LogP contribution in [0.4, 0.5) is 0 Å². The zero-order chi connectivity index (χ0) is 14.3. The number of aryl methyl sites for hydroxylation is 1. The number of amides is 2. The van der Waals surface area contributed by atoms with Gasteiger partial charge in [-0.15, -0.1) is 0 Å². The van der Waals surface area contributed by atoms with Crippen LogP contribution in [0.25, 0.3) is 0 Å². The molecule has 0 bridgehead atoms. The Morgan fingerprint density at radius 2 is 2.25 bits per heavy atom. The molecule has 3 rings (SSSR count). The van der Waals surface area contributed by atoms with Gasteiger partial charge in [-0.25, -0.2) is 0 Å². The Balaban J connectivity index is 1.74. The van der Waals surface area contributed by atoms with E-state index in [0.717, 1.165) is 6.42 Å². The highest BCUT2D eigenvalue weighted by molar-refractivity contribution is 5.94. The summed E-state index contributed by atoms with van der Waals surface area (Å²) in [7, 11) is 3.56. The third kappa shape index (κ3) is 2.18. The summed E-state index contributed by atoms with van der Waals surface area (Å²) in [5, 5.41) is 4.02. The largest absolute Gasteiger partial charge is 0.366 e. The van der Waals surface area contributed by atoms with Crippen molar-refractivity contribution < 1.29 is 14.3 Å². The first-order valence-corrected chi connectivity index (χ1v) is 6.71. The third-order valence-electron chi connectivity index (χ3n) is 4.07. The van der Waals surface area contributed by atoms with Crippen molar-refractivity contribution in [3.8, 4) is 0 Å². The van der Waals surface area contributed by atoms with Crippen molar-refractivity contribution >= 4 is 11.8 Å². The fraction of sp³-hybridized carbons (Fsp3) is 0.615. The predicted molar refractivity (Wildman–Crippen MR) is 70.0 cm³/mol. The Bertz CT molecular complexity index is 541. The molecule has 0 N–H and O–H groups in total. The van der Waals surface area contributed by atoms with Gasteiger partial charge < -0.3 is 14.5 Å². The van der Waals surface area contributed by atoms with E-state index in [9.17, 15) is 9.59 Å². The lowest BCUT2D eigenvalue weighted by Gasteiger charge is -2.45. The Hall–Kier alpha value is -1.89. The molecular weight excluding hydrogens is 260 g/mol. The molecule has 2 aliphatic rings. The summed E-state index contributed by atoms with van der Waals surface area (Å²) >= 11 is 0. The van der Waals surface area contributed by atoms with E-state index in [1.807, 2.05) is 0 Å². The monoisotopic (exact) mass is 278 g/mol. The SMILES string of the molecule is CN1C(=O)CO[C@@H]2CCN(C(=O)c3cnn(C)c3)C[C@@H]21. The first kappa shape index (κ1) is 13.1. The highest BCUT2D eigenvalue weighted by Crippen LogP contribution is 2.23. The number of likely N-dealkylation sites (N-methyl/N-ethyl adjacent to an activating group) is 1. The van der Waals surface area contributed by atoms with Crippen LogP contribution in [0.1, 0.15) is 16.8 Å². The van der Waals surface area contributed by atoms with Crippen LogP contribution < -0.4 is 0 Å². The van der Waals surface area contributed by atoms with Gasteiger partial charge in [0, 0.05) is 33.4 Å². The van der Waals surface area contributed by atoms with Crippen molar-refractivity contribution in [1.82, 2.24) is 19.6 Å². The molecule has 1 aromatic rings. The maximum atomic E-state index is 12.4. The van der Waals surface area contributed by atoms with E-state index in [4.69, 9.17) is 4.74 Å². The number of piperidine rings is 1. The van der Waals surface area contributed by atoms with Gasteiger partial charge in [0.05, 0.1) is 23.9 Å². The van der Waals surface area contributed by atoms with Crippen LogP contribution in [0.2, 0.25) is 0 Å². The lowest BCUT2D eigenvalue weighted by Crippen LogP contribution is -2.61. The molecule has 2 aliphatic heterocycles. The van der Waals surface area contributed by atoms with Gasteiger partial charge >= 0.3 is 0 Å². The Kier molecular flexibility index (Phi) is 3.21. The van der Waals surface area contributed by atoms with E-state index >= 15 is 0 Å². The number of carbonyl (C=O) groups excluding carboxylic acids is 2. The standard InChI is InChI=1S/C13H18N4O3/c1-15-6-9(5-14-15)13(19)17-4-3-11-10(7-17)16(2)12(18)8-20-11/h5-6,10-11H,3-4,7-8H2,1-2H3/t10-,11+/m0/s1. The second-order valence-corrected chi connectivity index (χ2v) is 5.36. The number of fused-ring (bicyclic) bond motifs is 1. The van der Waals surface area contributed by atoms with E-state index in [1.54, 1.807) is 41.0 Å². The molecule has 108 valence electrons. The predicted octanol–water partition coefficient (Wildman–Crippen LogP) is -0.508. The van der Waals surface area contributed by atoms with Gasteiger partial charge in [0.1, 0.15) is 6.61 Å². The summed E-state index contributed by atoms with van der Waals surface area (Å²) in [4.78, 5) is 27.6. The van der Waals surface area contributed by atoms with E-state index in [-0.39, 0.29) is 30.6 Å². The summed E-state index contributed by atoms with van der Waals surface area (Å²) in [6.07, 6.45) is 4.07. The summed E-state index contributed by atoms with van der Waals surface area (Å²) in [5.74, 6) is -0.0649. The van der Waals surface area contributed by atoms with Crippen LogP contribution in [0.3, 0.4) is 0 Å². The van der Waals surface area contributed by atoms with Gasteiger partial charge in [0.15, 0.2) is 0 Å². The molecule has 3 heterocycles. The molecule has 0 saturated carbocycles. The highest BCUT2D eigenvalue weighted by atomic mass is 16.5. The number of nitrogens with zero attached hydrogens (tertiary/aromatic N) is 4. The van der Waals surface area contributed by atoms with Crippen LogP contribution in [0, 0.1) is 0 Å². The minimum absolute atomic E-state index is 0.0260. The number of likely N-dealkylation sites (tertiary alicyclic amines) is 1. The Morgan fingerprint density at radius 1 is 1.45 bits per heavy atom. The number of rotatable bonds is 1.